The maximum atomic E-state index is 13.0. The molecule has 2 aromatic rings. The molecule has 6 nitrogen and oxygen atoms in total. The molecule has 1 unspecified atom stereocenters. The summed E-state index contributed by atoms with van der Waals surface area (Å²) in [5.41, 5.74) is 5.54. The summed E-state index contributed by atoms with van der Waals surface area (Å²) in [5, 5.41) is 12.4. The summed E-state index contributed by atoms with van der Waals surface area (Å²) >= 11 is 0. The van der Waals surface area contributed by atoms with E-state index in [1.54, 1.807) is 30.3 Å². The number of aliphatic hydroxyl groups is 1. The maximum absolute atomic E-state index is 13.0. The number of halogens is 3. The average molecular weight is 410 g/mol. The summed E-state index contributed by atoms with van der Waals surface area (Å²) in [4.78, 5) is 24.5. The highest BCUT2D eigenvalue weighted by Gasteiger charge is 2.33. The molecule has 0 radical (unpaired) electrons. The predicted octanol–water partition coefficient (Wildman–Crippen LogP) is 1.97. The van der Waals surface area contributed by atoms with E-state index < -0.39 is 41.8 Å². The number of hydrogen-bond acceptors (Lipinski definition) is 5. The number of nitrogens with one attached hydrogen (secondary N) is 1. The third kappa shape index (κ3) is 6.03. The average Bonchev–Trinajstić information content (AvgIpc) is 2.70. The Bertz CT molecular complexity index is 843. The summed E-state index contributed by atoms with van der Waals surface area (Å²) in [6.07, 6.45) is -6.13. The highest BCUT2D eigenvalue weighted by Crippen LogP contribution is 2.31. The van der Waals surface area contributed by atoms with Crippen LogP contribution in [0.3, 0.4) is 0 Å². The van der Waals surface area contributed by atoms with Gasteiger partial charge in [-0.05, 0) is 29.7 Å². The molecule has 9 heteroatoms. The monoisotopic (exact) mass is 410 g/mol. The number of benzene rings is 2. The van der Waals surface area contributed by atoms with Gasteiger partial charge >= 0.3 is 12.1 Å². The number of alkyl halides is 3. The number of methoxy groups -OCH3 is 1. The second-order valence-electron chi connectivity index (χ2n) is 6.39. The summed E-state index contributed by atoms with van der Waals surface area (Å²) in [7, 11) is 1.03. The molecule has 0 aliphatic carbocycles. The number of rotatable bonds is 7. The number of ether oxygens (including phenoxy) is 1. The second kappa shape index (κ2) is 9.53. The third-order valence-corrected chi connectivity index (χ3v) is 4.26. The zero-order valence-electron chi connectivity index (χ0n) is 15.5. The van der Waals surface area contributed by atoms with E-state index in [9.17, 15) is 27.9 Å². The van der Waals surface area contributed by atoms with Crippen molar-refractivity contribution in [3.8, 4) is 0 Å². The molecule has 2 aromatic carbocycles. The molecule has 2 rings (SSSR count). The van der Waals surface area contributed by atoms with Crippen molar-refractivity contribution < 1.29 is 32.6 Å². The minimum Gasteiger partial charge on any atom is -0.467 e. The van der Waals surface area contributed by atoms with Gasteiger partial charge in [-0.3, -0.25) is 4.79 Å². The lowest BCUT2D eigenvalue weighted by Gasteiger charge is -2.23. The standard InChI is InChI=1S/C20H21F3N2O4/c1-29-19(28)16(13-8-5-9-14(11-13)20(21,22)23)25-18(27)17(26)15(24)10-12-6-3-2-4-7-12/h2-9,11,15-17,26H,10,24H2,1H3,(H,25,27)/t15-,16?,17+/m1/s1. The fraction of sp³-hybridized carbons (Fsp3) is 0.300. The van der Waals surface area contributed by atoms with Crippen LogP contribution in [0.15, 0.2) is 54.6 Å². The van der Waals surface area contributed by atoms with E-state index in [4.69, 9.17) is 5.73 Å². The van der Waals surface area contributed by atoms with Gasteiger partial charge in [0, 0.05) is 6.04 Å². The van der Waals surface area contributed by atoms with Crippen LogP contribution in [0.2, 0.25) is 0 Å². The zero-order chi connectivity index (χ0) is 21.6. The van der Waals surface area contributed by atoms with Crippen LogP contribution in [0.1, 0.15) is 22.7 Å². The maximum Gasteiger partial charge on any atom is 0.416 e. The van der Waals surface area contributed by atoms with Crippen molar-refractivity contribution >= 4 is 11.9 Å². The van der Waals surface area contributed by atoms with Gasteiger partial charge in [0.25, 0.3) is 5.91 Å². The normalized spacial score (nSPS) is 14.6. The summed E-state index contributed by atoms with van der Waals surface area (Å²) in [6, 6.07) is 10.3. The molecule has 0 spiro atoms. The lowest BCUT2D eigenvalue weighted by atomic mass is 10.00. The lowest BCUT2D eigenvalue weighted by Crippen LogP contribution is -2.49. The van der Waals surface area contributed by atoms with Crippen molar-refractivity contribution in [2.24, 2.45) is 5.73 Å². The second-order valence-corrected chi connectivity index (χ2v) is 6.39. The van der Waals surface area contributed by atoms with E-state index in [0.29, 0.717) is 0 Å². The minimum absolute atomic E-state index is 0.135. The Kier molecular flexibility index (Phi) is 7.35. The molecule has 0 aromatic heterocycles. The van der Waals surface area contributed by atoms with E-state index in [2.05, 4.69) is 10.1 Å². The zero-order valence-corrected chi connectivity index (χ0v) is 15.5. The molecule has 156 valence electrons. The van der Waals surface area contributed by atoms with Crippen LogP contribution >= 0.6 is 0 Å². The van der Waals surface area contributed by atoms with Gasteiger partial charge in [0.2, 0.25) is 0 Å². The van der Waals surface area contributed by atoms with Gasteiger partial charge in [0.05, 0.1) is 12.7 Å². The van der Waals surface area contributed by atoms with Gasteiger partial charge in [0.1, 0.15) is 6.10 Å². The number of carbonyl (C=O) groups excluding carboxylic acids is 2. The first-order valence-electron chi connectivity index (χ1n) is 8.66. The number of carbonyl (C=O) groups is 2. The van der Waals surface area contributed by atoms with Crippen LogP contribution < -0.4 is 11.1 Å². The first kappa shape index (κ1) is 22.4. The molecule has 0 saturated carbocycles. The van der Waals surface area contributed by atoms with E-state index in [1.165, 1.54) is 6.07 Å². The van der Waals surface area contributed by atoms with Crippen LogP contribution in [0.25, 0.3) is 0 Å². The number of esters is 1. The number of hydrogen-bond donors (Lipinski definition) is 3. The minimum atomic E-state index is -4.63. The highest BCUT2D eigenvalue weighted by atomic mass is 19.4. The Morgan fingerprint density at radius 2 is 1.79 bits per heavy atom. The van der Waals surface area contributed by atoms with Crippen LogP contribution in [0, 0.1) is 0 Å². The molecule has 4 N–H and O–H groups in total. The van der Waals surface area contributed by atoms with Gasteiger partial charge in [-0.25, -0.2) is 4.79 Å². The van der Waals surface area contributed by atoms with Crippen LogP contribution in [0.4, 0.5) is 13.2 Å². The summed E-state index contributed by atoms with van der Waals surface area (Å²) < 4.78 is 43.5. The predicted molar refractivity (Wildman–Crippen MR) is 98.5 cm³/mol. The Morgan fingerprint density at radius 3 is 2.38 bits per heavy atom. The highest BCUT2D eigenvalue weighted by molar-refractivity contribution is 5.88. The number of nitrogens with two attached hydrogens (primary N) is 1. The quantitative estimate of drug-likeness (QED) is 0.606. The molecule has 3 atom stereocenters. The van der Waals surface area contributed by atoms with Crippen molar-refractivity contribution in [3.05, 3.63) is 71.3 Å². The lowest BCUT2D eigenvalue weighted by molar-refractivity contribution is -0.147. The topological polar surface area (TPSA) is 102 Å². The van der Waals surface area contributed by atoms with Gasteiger partial charge in [-0.1, -0.05) is 42.5 Å². The van der Waals surface area contributed by atoms with Crippen molar-refractivity contribution in [1.29, 1.82) is 0 Å². The smallest absolute Gasteiger partial charge is 0.416 e. The number of aliphatic hydroxyl groups excluding tert-OH is 1. The SMILES string of the molecule is COC(=O)C(NC(=O)[C@@H](O)[C@H](N)Cc1ccccc1)c1cccc(C(F)(F)F)c1. The van der Waals surface area contributed by atoms with Gasteiger partial charge in [-0.2, -0.15) is 13.2 Å². The fourth-order valence-electron chi connectivity index (χ4n) is 2.71. The molecule has 0 aliphatic heterocycles. The fourth-order valence-corrected chi connectivity index (χ4v) is 2.71. The van der Waals surface area contributed by atoms with Crippen molar-refractivity contribution in [2.75, 3.05) is 7.11 Å². The van der Waals surface area contributed by atoms with E-state index >= 15 is 0 Å². The largest absolute Gasteiger partial charge is 0.467 e. The number of amides is 1. The molecule has 0 heterocycles. The molecule has 0 fully saturated rings. The Labute approximate surface area is 165 Å². The van der Waals surface area contributed by atoms with E-state index in [0.717, 1.165) is 30.9 Å². The first-order chi connectivity index (χ1) is 13.6. The Hall–Kier alpha value is -2.91. The Balaban J connectivity index is 2.17. The molecular formula is C20H21F3N2O4. The summed E-state index contributed by atoms with van der Waals surface area (Å²) in [5.74, 6) is -1.98. The van der Waals surface area contributed by atoms with Gasteiger partial charge < -0.3 is 20.9 Å². The van der Waals surface area contributed by atoms with Crippen molar-refractivity contribution in [1.82, 2.24) is 5.32 Å². The van der Waals surface area contributed by atoms with E-state index in [-0.39, 0.29) is 12.0 Å². The molecule has 29 heavy (non-hydrogen) atoms. The molecular weight excluding hydrogens is 389 g/mol. The molecule has 0 bridgehead atoms. The molecule has 0 saturated heterocycles. The summed E-state index contributed by atoms with van der Waals surface area (Å²) in [6.45, 7) is 0. The van der Waals surface area contributed by atoms with Crippen molar-refractivity contribution in [3.63, 3.8) is 0 Å². The van der Waals surface area contributed by atoms with Crippen LogP contribution in [0.5, 0.6) is 0 Å². The van der Waals surface area contributed by atoms with Crippen molar-refractivity contribution in [2.45, 2.75) is 30.8 Å². The van der Waals surface area contributed by atoms with Gasteiger partial charge in [0.15, 0.2) is 6.04 Å². The van der Waals surface area contributed by atoms with E-state index in [1.807, 2.05) is 0 Å². The van der Waals surface area contributed by atoms with Gasteiger partial charge in [-0.15, -0.1) is 0 Å². The molecule has 0 aliphatic rings. The molecule has 1 amide bonds. The third-order valence-electron chi connectivity index (χ3n) is 4.26. The first-order valence-corrected chi connectivity index (χ1v) is 8.66. The Morgan fingerprint density at radius 1 is 1.14 bits per heavy atom. The van der Waals surface area contributed by atoms with Crippen LogP contribution in [-0.2, 0) is 26.9 Å². The van der Waals surface area contributed by atoms with Crippen LogP contribution in [-0.4, -0.2) is 36.2 Å².